The van der Waals surface area contributed by atoms with Crippen LogP contribution in [0.2, 0.25) is 0 Å². The molecule has 0 aromatic carbocycles. The highest BCUT2D eigenvalue weighted by Gasteiger charge is 2.29. The number of nitrogens with one attached hydrogen (secondary N) is 1. The van der Waals surface area contributed by atoms with E-state index in [1.165, 1.54) is 38.5 Å². The van der Waals surface area contributed by atoms with Gasteiger partial charge in [0.1, 0.15) is 5.52 Å². The van der Waals surface area contributed by atoms with Crippen molar-refractivity contribution in [2.45, 2.75) is 89.3 Å². The van der Waals surface area contributed by atoms with Crippen molar-refractivity contribution in [1.82, 2.24) is 19.5 Å². The number of nitrogens with zero attached hydrogens (tertiary/aromatic N) is 5. The monoisotopic (exact) mass is 455 g/mol. The van der Waals surface area contributed by atoms with Gasteiger partial charge < -0.3 is 20.7 Å². The molecule has 1 aliphatic heterocycles. The van der Waals surface area contributed by atoms with Crippen molar-refractivity contribution in [3.05, 3.63) is 6.20 Å². The number of anilines is 2. The van der Waals surface area contributed by atoms with Gasteiger partial charge in [-0.3, -0.25) is 4.57 Å². The van der Waals surface area contributed by atoms with Gasteiger partial charge in [0.15, 0.2) is 5.65 Å². The first-order chi connectivity index (χ1) is 16.1. The molecule has 3 N–H and O–H groups in total. The van der Waals surface area contributed by atoms with E-state index in [0.717, 1.165) is 74.4 Å². The second-order valence-electron chi connectivity index (χ2n) is 10.7. The lowest BCUT2D eigenvalue weighted by Crippen LogP contribution is -2.37. The topological polar surface area (TPSA) is 94.1 Å². The Morgan fingerprint density at radius 2 is 1.88 bits per heavy atom. The van der Waals surface area contributed by atoms with Crippen LogP contribution in [0.15, 0.2) is 6.20 Å². The largest absolute Gasteiger partial charge is 0.381 e. The molecule has 8 nitrogen and oxygen atoms in total. The molecule has 3 aliphatic rings. The third kappa shape index (κ3) is 4.97. The number of nitrogens with two attached hydrogens (primary N) is 1. The van der Waals surface area contributed by atoms with Crippen molar-refractivity contribution in [2.24, 2.45) is 17.6 Å². The van der Waals surface area contributed by atoms with Crippen molar-refractivity contribution in [3.8, 4) is 0 Å². The molecule has 182 valence electrons. The van der Waals surface area contributed by atoms with Crippen LogP contribution in [0.3, 0.4) is 0 Å². The fourth-order valence-corrected chi connectivity index (χ4v) is 6.12. The van der Waals surface area contributed by atoms with Gasteiger partial charge in [-0.25, -0.2) is 9.97 Å². The fraction of sp³-hybridized carbons (Fsp3) is 0.800. The van der Waals surface area contributed by atoms with Gasteiger partial charge in [0.05, 0.1) is 6.20 Å². The Morgan fingerprint density at radius 1 is 1.09 bits per heavy atom. The van der Waals surface area contributed by atoms with Gasteiger partial charge in [-0.2, -0.15) is 4.98 Å². The Kier molecular flexibility index (Phi) is 7.02. The number of rotatable bonds is 6. The van der Waals surface area contributed by atoms with Crippen LogP contribution < -0.4 is 16.0 Å². The maximum absolute atomic E-state index is 5.98. The number of hydrogen-bond acceptors (Lipinski definition) is 7. The van der Waals surface area contributed by atoms with E-state index in [9.17, 15) is 0 Å². The van der Waals surface area contributed by atoms with Gasteiger partial charge in [-0.1, -0.05) is 19.8 Å². The highest BCUT2D eigenvalue weighted by atomic mass is 16.5. The molecule has 0 radical (unpaired) electrons. The van der Waals surface area contributed by atoms with E-state index >= 15 is 0 Å². The van der Waals surface area contributed by atoms with Gasteiger partial charge in [0.25, 0.3) is 0 Å². The molecule has 1 saturated heterocycles. The van der Waals surface area contributed by atoms with Gasteiger partial charge >= 0.3 is 0 Å². The molecule has 2 unspecified atom stereocenters. The van der Waals surface area contributed by atoms with Crippen molar-refractivity contribution in [1.29, 1.82) is 0 Å². The second kappa shape index (κ2) is 10.1. The van der Waals surface area contributed by atoms with Gasteiger partial charge in [0, 0.05) is 38.4 Å². The molecule has 3 heterocycles. The molecule has 2 atom stereocenters. The lowest BCUT2D eigenvalue weighted by atomic mass is 9.86. The predicted molar refractivity (Wildman–Crippen MR) is 133 cm³/mol. The van der Waals surface area contributed by atoms with Crippen LogP contribution in [0.1, 0.15) is 77.2 Å². The minimum absolute atomic E-state index is 0.414. The minimum Gasteiger partial charge on any atom is -0.381 e. The summed E-state index contributed by atoms with van der Waals surface area (Å²) in [4.78, 5) is 17.1. The zero-order valence-corrected chi connectivity index (χ0v) is 20.4. The van der Waals surface area contributed by atoms with Crippen LogP contribution in [0.5, 0.6) is 0 Å². The van der Waals surface area contributed by atoms with Crippen LogP contribution in [-0.2, 0) is 4.74 Å². The number of imidazole rings is 1. The molecule has 3 fully saturated rings. The first kappa shape index (κ1) is 22.8. The number of hydrogen-bond donors (Lipinski definition) is 2. The SMILES string of the molecule is CC1CCCC(Nc2nc3cnc(N(C)C4CCOCC4)nc3n2C2CCC(CN)CC2)C1. The van der Waals surface area contributed by atoms with Gasteiger partial charge in [0.2, 0.25) is 11.9 Å². The molecule has 0 bridgehead atoms. The molecule has 0 spiro atoms. The van der Waals surface area contributed by atoms with Crippen LogP contribution in [0.4, 0.5) is 11.9 Å². The van der Waals surface area contributed by atoms with Crippen molar-refractivity contribution < 1.29 is 4.74 Å². The third-order valence-corrected chi connectivity index (χ3v) is 8.26. The summed E-state index contributed by atoms with van der Waals surface area (Å²) in [6.07, 6.45) is 13.7. The summed E-state index contributed by atoms with van der Waals surface area (Å²) in [6.45, 7) is 4.79. The number of aromatic nitrogens is 4. The van der Waals surface area contributed by atoms with E-state index in [1.54, 1.807) is 0 Å². The summed E-state index contributed by atoms with van der Waals surface area (Å²) in [6, 6.07) is 1.33. The molecular formula is C25H41N7O. The van der Waals surface area contributed by atoms with Crippen LogP contribution >= 0.6 is 0 Å². The Labute approximate surface area is 197 Å². The first-order valence-corrected chi connectivity index (χ1v) is 13.1. The maximum Gasteiger partial charge on any atom is 0.227 e. The third-order valence-electron chi connectivity index (χ3n) is 8.26. The molecule has 2 saturated carbocycles. The maximum atomic E-state index is 5.98. The minimum atomic E-state index is 0.414. The van der Waals surface area contributed by atoms with Crippen molar-refractivity contribution in [2.75, 3.05) is 37.0 Å². The summed E-state index contributed by atoms with van der Waals surface area (Å²) in [7, 11) is 2.12. The summed E-state index contributed by atoms with van der Waals surface area (Å²) in [5.41, 5.74) is 7.85. The molecule has 0 amide bonds. The predicted octanol–water partition coefficient (Wildman–Crippen LogP) is 4.12. The van der Waals surface area contributed by atoms with E-state index in [0.29, 0.717) is 24.0 Å². The zero-order chi connectivity index (χ0) is 22.8. The van der Waals surface area contributed by atoms with E-state index in [4.69, 9.17) is 25.4 Å². The van der Waals surface area contributed by atoms with Crippen molar-refractivity contribution in [3.63, 3.8) is 0 Å². The molecule has 5 rings (SSSR count). The molecule has 33 heavy (non-hydrogen) atoms. The standard InChI is InChI=1S/C25H41N7O/c1-17-4-3-5-19(14-17)28-25-29-22-16-27-24(31(2)20-10-12-33-13-11-20)30-23(22)32(25)21-8-6-18(15-26)7-9-21/h16-21H,3-15,26H2,1-2H3,(H,28,29). The van der Waals surface area contributed by atoms with E-state index in [1.807, 2.05) is 6.20 Å². The lowest BCUT2D eigenvalue weighted by Gasteiger charge is -2.32. The number of fused-ring (bicyclic) bond motifs is 1. The van der Waals surface area contributed by atoms with Crippen LogP contribution in [-0.4, -0.2) is 58.4 Å². The van der Waals surface area contributed by atoms with E-state index in [-0.39, 0.29) is 0 Å². The molecule has 8 heteroatoms. The summed E-state index contributed by atoms with van der Waals surface area (Å²) in [5.74, 6) is 3.20. The Balaban J connectivity index is 1.47. The smallest absolute Gasteiger partial charge is 0.227 e. The Hall–Kier alpha value is -1.93. The average Bonchev–Trinajstić information content (AvgIpc) is 3.21. The normalized spacial score (nSPS) is 29.3. The molecule has 2 aromatic rings. The highest BCUT2D eigenvalue weighted by Crippen LogP contribution is 2.37. The van der Waals surface area contributed by atoms with E-state index in [2.05, 4.69) is 28.8 Å². The fourth-order valence-electron chi connectivity index (χ4n) is 6.12. The molecule has 2 aromatic heterocycles. The Morgan fingerprint density at radius 3 is 2.61 bits per heavy atom. The summed E-state index contributed by atoms with van der Waals surface area (Å²) >= 11 is 0. The van der Waals surface area contributed by atoms with Crippen LogP contribution in [0, 0.1) is 11.8 Å². The first-order valence-electron chi connectivity index (χ1n) is 13.1. The van der Waals surface area contributed by atoms with E-state index < -0.39 is 0 Å². The highest BCUT2D eigenvalue weighted by molar-refractivity contribution is 5.75. The van der Waals surface area contributed by atoms with Gasteiger partial charge in [-0.05, 0) is 69.7 Å². The number of ether oxygens (including phenoxy) is 1. The van der Waals surface area contributed by atoms with Gasteiger partial charge in [-0.15, -0.1) is 0 Å². The average molecular weight is 456 g/mol. The summed E-state index contributed by atoms with van der Waals surface area (Å²) < 4.78 is 7.96. The molecule has 2 aliphatic carbocycles. The Bertz CT molecular complexity index is 917. The van der Waals surface area contributed by atoms with Crippen LogP contribution in [0.25, 0.3) is 11.2 Å². The quantitative estimate of drug-likeness (QED) is 0.676. The molecular weight excluding hydrogens is 414 g/mol. The zero-order valence-electron chi connectivity index (χ0n) is 20.4. The summed E-state index contributed by atoms with van der Waals surface area (Å²) in [5, 5.41) is 3.83. The lowest BCUT2D eigenvalue weighted by molar-refractivity contribution is 0.0852. The second-order valence-corrected chi connectivity index (χ2v) is 10.7. The van der Waals surface area contributed by atoms with Crippen molar-refractivity contribution >= 4 is 23.1 Å².